The predicted molar refractivity (Wildman–Crippen MR) is 103 cm³/mol. The van der Waals surface area contributed by atoms with Crippen LogP contribution in [0, 0.1) is 0 Å². The van der Waals surface area contributed by atoms with Gasteiger partial charge in [-0.2, -0.15) is 0 Å². The molecule has 0 radical (unpaired) electrons. The summed E-state index contributed by atoms with van der Waals surface area (Å²) in [6.07, 6.45) is 4.44. The molecule has 3 aromatic rings. The highest BCUT2D eigenvalue weighted by atomic mass is 16.2. The molecule has 0 aliphatic carbocycles. The number of carbonyl (C=O) groups excluding carboxylic acids is 1. The summed E-state index contributed by atoms with van der Waals surface area (Å²) < 4.78 is 0. The number of pyridine rings is 2. The monoisotopic (exact) mass is 346 g/mol. The van der Waals surface area contributed by atoms with Crippen molar-refractivity contribution in [2.75, 3.05) is 5.32 Å². The van der Waals surface area contributed by atoms with E-state index in [1.807, 2.05) is 60.7 Å². The van der Waals surface area contributed by atoms with Gasteiger partial charge in [-0.25, -0.2) is 4.79 Å². The Morgan fingerprint density at radius 2 is 1.46 bits per heavy atom. The summed E-state index contributed by atoms with van der Waals surface area (Å²) in [5.41, 5.74) is 3.68. The number of nitrogens with one attached hydrogen (secondary N) is 1. The molecule has 0 aliphatic rings. The number of hydrogen-bond donors (Lipinski definition) is 1. The van der Waals surface area contributed by atoms with Crippen LogP contribution < -0.4 is 5.32 Å². The molecule has 2 aromatic heterocycles. The lowest BCUT2D eigenvalue weighted by atomic mass is 10.1. The fourth-order valence-electron chi connectivity index (χ4n) is 2.60. The third-order valence-corrected chi connectivity index (χ3v) is 4.06. The Hall–Kier alpha value is -3.21. The van der Waals surface area contributed by atoms with E-state index < -0.39 is 0 Å². The Labute approximate surface area is 153 Å². The zero-order chi connectivity index (χ0) is 18.2. The molecule has 0 atom stereocenters. The highest BCUT2D eigenvalue weighted by molar-refractivity contribution is 5.89. The molecule has 0 fully saturated rings. The minimum absolute atomic E-state index is 0.175. The average molecular weight is 346 g/mol. The van der Waals surface area contributed by atoms with Crippen molar-refractivity contribution in [3.8, 4) is 0 Å². The molecule has 2 heterocycles. The third kappa shape index (κ3) is 4.89. The van der Waals surface area contributed by atoms with Crippen LogP contribution in [0.1, 0.15) is 23.9 Å². The summed E-state index contributed by atoms with van der Waals surface area (Å²) in [6.45, 7) is 2.93. The molecule has 132 valence electrons. The maximum Gasteiger partial charge on any atom is 0.322 e. The normalized spacial score (nSPS) is 10.3. The van der Waals surface area contributed by atoms with E-state index in [-0.39, 0.29) is 6.03 Å². The van der Waals surface area contributed by atoms with E-state index in [2.05, 4.69) is 22.2 Å². The van der Waals surface area contributed by atoms with Crippen LogP contribution in [0.3, 0.4) is 0 Å². The Kier molecular flexibility index (Phi) is 5.93. The van der Waals surface area contributed by atoms with Crippen molar-refractivity contribution in [1.82, 2.24) is 14.9 Å². The quantitative estimate of drug-likeness (QED) is 0.725. The van der Waals surface area contributed by atoms with E-state index in [1.54, 1.807) is 17.3 Å². The Morgan fingerprint density at radius 3 is 1.92 bits per heavy atom. The zero-order valence-corrected chi connectivity index (χ0v) is 14.8. The summed E-state index contributed by atoms with van der Waals surface area (Å²) in [4.78, 5) is 23.2. The van der Waals surface area contributed by atoms with Gasteiger partial charge in [0.15, 0.2) is 0 Å². The van der Waals surface area contributed by atoms with Crippen LogP contribution >= 0.6 is 0 Å². The van der Waals surface area contributed by atoms with Crippen LogP contribution in [0.25, 0.3) is 0 Å². The number of anilines is 1. The first-order valence-electron chi connectivity index (χ1n) is 8.69. The summed E-state index contributed by atoms with van der Waals surface area (Å²) >= 11 is 0. The lowest BCUT2D eigenvalue weighted by molar-refractivity contribution is 0.205. The molecule has 0 unspecified atom stereocenters. The van der Waals surface area contributed by atoms with E-state index in [0.29, 0.717) is 13.1 Å². The van der Waals surface area contributed by atoms with Gasteiger partial charge in [0.25, 0.3) is 0 Å². The third-order valence-electron chi connectivity index (χ3n) is 4.06. The van der Waals surface area contributed by atoms with Crippen molar-refractivity contribution in [2.45, 2.75) is 26.4 Å². The van der Waals surface area contributed by atoms with Crippen molar-refractivity contribution in [3.63, 3.8) is 0 Å². The molecule has 5 heteroatoms. The van der Waals surface area contributed by atoms with Crippen molar-refractivity contribution in [3.05, 3.63) is 90.0 Å². The number of aryl methyl sites for hydroxylation is 1. The Bertz CT molecular complexity index is 778. The molecule has 0 spiro atoms. The maximum atomic E-state index is 12.8. The number of benzene rings is 1. The first-order valence-corrected chi connectivity index (χ1v) is 8.69. The minimum atomic E-state index is -0.175. The second-order valence-corrected chi connectivity index (χ2v) is 5.98. The Balaban J connectivity index is 1.75. The van der Waals surface area contributed by atoms with Gasteiger partial charge in [0.2, 0.25) is 0 Å². The summed E-state index contributed by atoms with van der Waals surface area (Å²) in [7, 11) is 0. The largest absolute Gasteiger partial charge is 0.322 e. The van der Waals surface area contributed by atoms with E-state index in [1.165, 1.54) is 5.56 Å². The van der Waals surface area contributed by atoms with Crippen LogP contribution in [0.4, 0.5) is 10.5 Å². The first kappa shape index (κ1) is 17.6. The summed E-state index contributed by atoms with van der Waals surface area (Å²) in [6, 6.07) is 19.1. The SMILES string of the molecule is CCc1ccc(NC(=O)N(Cc2ccccn2)Cc2ccccn2)cc1. The minimum Gasteiger partial charge on any atom is -0.313 e. The van der Waals surface area contributed by atoms with Crippen LogP contribution in [-0.2, 0) is 19.5 Å². The molecular weight excluding hydrogens is 324 g/mol. The Morgan fingerprint density at radius 1 is 0.885 bits per heavy atom. The lowest BCUT2D eigenvalue weighted by Crippen LogP contribution is -2.34. The van der Waals surface area contributed by atoms with Crippen LogP contribution in [-0.4, -0.2) is 20.9 Å². The molecule has 0 aliphatic heterocycles. The van der Waals surface area contributed by atoms with Gasteiger partial charge in [0, 0.05) is 18.1 Å². The highest BCUT2D eigenvalue weighted by Gasteiger charge is 2.16. The van der Waals surface area contributed by atoms with Gasteiger partial charge in [-0.05, 0) is 48.4 Å². The van der Waals surface area contributed by atoms with Crippen molar-refractivity contribution >= 4 is 11.7 Å². The fraction of sp³-hybridized carbons (Fsp3) is 0.190. The standard InChI is InChI=1S/C21H22N4O/c1-2-17-9-11-18(12-10-17)24-21(26)25(15-19-7-3-5-13-22-19)16-20-8-4-6-14-23-20/h3-14H,2,15-16H2,1H3,(H,24,26). The lowest BCUT2D eigenvalue weighted by Gasteiger charge is -2.22. The molecule has 0 saturated heterocycles. The number of nitrogens with zero attached hydrogens (tertiary/aromatic N) is 3. The van der Waals surface area contributed by atoms with Gasteiger partial charge in [-0.15, -0.1) is 0 Å². The van der Waals surface area contributed by atoms with Gasteiger partial charge < -0.3 is 10.2 Å². The molecule has 26 heavy (non-hydrogen) atoms. The van der Waals surface area contributed by atoms with Gasteiger partial charge >= 0.3 is 6.03 Å². The number of aromatic nitrogens is 2. The van der Waals surface area contributed by atoms with Crippen LogP contribution in [0.15, 0.2) is 73.1 Å². The number of carbonyl (C=O) groups is 1. The van der Waals surface area contributed by atoms with Gasteiger partial charge in [-0.1, -0.05) is 31.2 Å². The van der Waals surface area contributed by atoms with Crippen molar-refractivity contribution < 1.29 is 4.79 Å². The fourth-order valence-corrected chi connectivity index (χ4v) is 2.60. The van der Waals surface area contributed by atoms with Crippen molar-refractivity contribution in [1.29, 1.82) is 0 Å². The molecular formula is C21H22N4O. The van der Waals surface area contributed by atoms with E-state index >= 15 is 0 Å². The number of amides is 2. The number of hydrogen-bond acceptors (Lipinski definition) is 3. The first-order chi connectivity index (χ1) is 12.7. The molecule has 1 aromatic carbocycles. The van der Waals surface area contributed by atoms with Gasteiger partial charge in [-0.3, -0.25) is 9.97 Å². The van der Waals surface area contributed by atoms with E-state index in [0.717, 1.165) is 23.5 Å². The van der Waals surface area contributed by atoms with Crippen molar-refractivity contribution in [2.24, 2.45) is 0 Å². The topological polar surface area (TPSA) is 58.1 Å². The summed E-state index contributed by atoms with van der Waals surface area (Å²) in [5.74, 6) is 0. The molecule has 0 saturated carbocycles. The smallest absolute Gasteiger partial charge is 0.313 e. The second-order valence-electron chi connectivity index (χ2n) is 5.98. The number of urea groups is 1. The summed E-state index contributed by atoms with van der Waals surface area (Å²) in [5, 5.41) is 2.97. The number of rotatable bonds is 6. The molecule has 0 bridgehead atoms. The molecule has 1 N–H and O–H groups in total. The molecule has 5 nitrogen and oxygen atoms in total. The predicted octanol–water partition coefficient (Wildman–Crippen LogP) is 4.27. The second kappa shape index (κ2) is 8.76. The van der Waals surface area contributed by atoms with E-state index in [4.69, 9.17) is 0 Å². The van der Waals surface area contributed by atoms with Crippen LogP contribution in [0.5, 0.6) is 0 Å². The average Bonchev–Trinajstić information content (AvgIpc) is 2.69. The zero-order valence-electron chi connectivity index (χ0n) is 14.8. The highest BCUT2D eigenvalue weighted by Crippen LogP contribution is 2.13. The maximum absolute atomic E-state index is 12.8. The van der Waals surface area contributed by atoms with Crippen LogP contribution in [0.2, 0.25) is 0 Å². The van der Waals surface area contributed by atoms with E-state index in [9.17, 15) is 4.79 Å². The molecule has 2 amide bonds. The van der Waals surface area contributed by atoms with Gasteiger partial charge in [0.05, 0.1) is 24.5 Å². The molecule has 3 rings (SSSR count). The van der Waals surface area contributed by atoms with Gasteiger partial charge in [0.1, 0.15) is 0 Å².